The minimum absolute atomic E-state index is 0.261. The number of halogens is 1. The molecule has 2 aromatic carbocycles. The van der Waals surface area contributed by atoms with Crippen molar-refractivity contribution in [1.29, 1.82) is 0 Å². The Bertz CT molecular complexity index is 1120. The average Bonchev–Trinajstić information content (AvgIpc) is 3.14. The summed E-state index contributed by atoms with van der Waals surface area (Å²) in [7, 11) is 1.83. The van der Waals surface area contributed by atoms with Gasteiger partial charge in [-0.2, -0.15) is 0 Å². The Morgan fingerprint density at radius 3 is 2.38 bits per heavy atom. The molecule has 0 spiro atoms. The SMILES string of the molecule is CCOC(=O)C(C)c1ccc([C@@H](CO)NC(=O)c2cc3c(Cl)cc(CC)cc3n2C)cc1. The summed E-state index contributed by atoms with van der Waals surface area (Å²) in [5.41, 5.74) is 4.00. The first-order valence-electron chi connectivity index (χ1n) is 10.8. The van der Waals surface area contributed by atoms with E-state index in [0.717, 1.165) is 34.0 Å². The van der Waals surface area contributed by atoms with Gasteiger partial charge in [-0.15, -0.1) is 0 Å². The van der Waals surface area contributed by atoms with Crippen LogP contribution in [0.2, 0.25) is 5.02 Å². The van der Waals surface area contributed by atoms with E-state index in [1.165, 1.54) is 0 Å². The lowest BCUT2D eigenvalue weighted by molar-refractivity contribution is -0.144. The maximum Gasteiger partial charge on any atom is 0.313 e. The highest BCUT2D eigenvalue weighted by Gasteiger charge is 2.21. The molecule has 2 N–H and O–H groups in total. The molecule has 0 saturated heterocycles. The second-order valence-corrected chi connectivity index (χ2v) is 8.21. The molecule has 170 valence electrons. The van der Waals surface area contributed by atoms with Gasteiger partial charge in [-0.3, -0.25) is 9.59 Å². The van der Waals surface area contributed by atoms with Crippen molar-refractivity contribution >= 4 is 34.4 Å². The number of carbonyl (C=O) groups excluding carboxylic acids is 2. The van der Waals surface area contributed by atoms with Crippen LogP contribution < -0.4 is 5.32 Å². The molecule has 1 heterocycles. The molecule has 6 nitrogen and oxygen atoms in total. The molecule has 32 heavy (non-hydrogen) atoms. The van der Waals surface area contributed by atoms with Crippen LogP contribution in [0.1, 0.15) is 59.9 Å². The lowest BCUT2D eigenvalue weighted by Crippen LogP contribution is -2.32. The fraction of sp³-hybridized carbons (Fsp3) is 0.360. The summed E-state index contributed by atoms with van der Waals surface area (Å²) in [6, 6.07) is 12.4. The zero-order valence-corrected chi connectivity index (χ0v) is 19.6. The number of fused-ring (bicyclic) bond motifs is 1. The van der Waals surface area contributed by atoms with E-state index in [9.17, 15) is 14.7 Å². The second-order valence-electron chi connectivity index (χ2n) is 7.80. The monoisotopic (exact) mass is 456 g/mol. The van der Waals surface area contributed by atoms with Crippen LogP contribution in [0.3, 0.4) is 0 Å². The Morgan fingerprint density at radius 1 is 1.12 bits per heavy atom. The third-order valence-corrected chi connectivity index (χ3v) is 6.09. The van der Waals surface area contributed by atoms with Crippen LogP contribution in [0.5, 0.6) is 0 Å². The van der Waals surface area contributed by atoms with Gasteiger partial charge in [-0.05, 0) is 55.2 Å². The number of rotatable bonds is 8. The Hall–Kier alpha value is -2.83. The van der Waals surface area contributed by atoms with Crippen LogP contribution in [0.4, 0.5) is 0 Å². The summed E-state index contributed by atoms with van der Waals surface area (Å²) in [4.78, 5) is 25.0. The van der Waals surface area contributed by atoms with Crippen molar-refractivity contribution in [2.75, 3.05) is 13.2 Å². The lowest BCUT2D eigenvalue weighted by atomic mass is 9.98. The number of aromatic nitrogens is 1. The number of aliphatic hydroxyl groups excluding tert-OH is 1. The first-order valence-corrected chi connectivity index (χ1v) is 11.1. The summed E-state index contributed by atoms with van der Waals surface area (Å²) in [5, 5.41) is 14.2. The van der Waals surface area contributed by atoms with Gasteiger partial charge in [0.2, 0.25) is 0 Å². The number of hydrogen-bond acceptors (Lipinski definition) is 4. The minimum atomic E-state index is -0.589. The summed E-state index contributed by atoms with van der Waals surface area (Å²) in [6.07, 6.45) is 0.847. The van der Waals surface area contributed by atoms with Crippen LogP contribution in [-0.4, -0.2) is 34.8 Å². The van der Waals surface area contributed by atoms with Gasteiger partial charge in [-0.1, -0.05) is 42.8 Å². The quantitative estimate of drug-likeness (QED) is 0.488. The number of aryl methyl sites for hydroxylation is 2. The fourth-order valence-corrected chi connectivity index (χ4v) is 4.04. The van der Waals surface area contributed by atoms with E-state index in [1.54, 1.807) is 32.0 Å². The zero-order chi connectivity index (χ0) is 23.4. The standard InChI is InChI=1S/C25H29ClN2O4/c1-5-16-11-20(26)19-13-23(28(4)22(19)12-16)24(30)27-21(14-29)18-9-7-17(8-10-18)15(3)25(31)32-6-2/h7-13,15,21,29H,5-6,14H2,1-4H3,(H,27,30)/t15?,21-/m1/s1. The van der Waals surface area contributed by atoms with E-state index in [4.69, 9.17) is 16.3 Å². The number of benzene rings is 2. The van der Waals surface area contributed by atoms with Crippen LogP contribution in [-0.2, 0) is 23.0 Å². The third-order valence-electron chi connectivity index (χ3n) is 5.78. The number of nitrogens with zero attached hydrogens (tertiary/aromatic N) is 1. The second kappa shape index (κ2) is 10.2. The van der Waals surface area contributed by atoms with Gasteiger partial charge in [0.05, 0.1) is 35.7 Å². The van der Waals surface area contributed by atoms with Crippen molar-refractivity contribution in [3.05, 3.63) is 69.9 Å². The molecular weight excluding hydrogens is 428 g/mol. The predicted molar refractivity (Wildman–Crippen MR) is 126 cm³/mol. The molecule has 0 fully saturated rings. The lowest BCUT2D eigenvalue weighted by Gasteiger charge is -2.18. The van der Waals surface area contributed by atoms with Gasteiger partial charge < -0.3 is 19.7 Å². The molecule has 1 unspecified atom stereocenters. The smallest absolute Gasteiger partial charge is 0.313 e. The van der Waals surface area contributed by atoms with Crippen molar-refractivity contribution in [3.63, 3.8) is 0 Å². The molecule has 0 radical (unpaired) electrons. The Labute approximate surface area is 193 Å². The molecule has 3 aromatic rings. The van der Waals surface area contributed by atoms with Gasteiger partial charge in [0.25, 0.3) is 5.91 Å². The fourth-order valence-electron chi connectivity index (χ4n) is 3.75. The summed E-state index contributed by atoms with van der Waals surface area (Å²) in [5.74, 6) is -0.978. The molecule has 1 amide bonds. The molecule has 0 bridgehead atoms. The highest BCUT2D eigenvalue weighted by Crippen LogP contribution is 2.29. The molecule has 3 rings (SSSR count). The number of carbonyl (C=O) groups is 2. The number of ether oxygens (including phenoxy) is 1. The predicted octanol–water partition coefficient (Wildman–Crippen LogP) is 4.52. The van der Waals surface area contributed by atoms with Crippen molar-refractivity contribution < 1.29 is 19.4 Å². The average molecular weight is 457 g/mol. The Morgan fingerprint density at radius 2 is 1.78 bits per heavy atom. The number of hydrogen-bond donors (Lipinski definition) is 2. The van der Waals surface area contributed by atoms with E-state index in [2.05, 4.69) is 12.2 Å². The van der Waals surface area contributed by atoms with Crippen molar-refractivity contribution in [2.24, 2.45) is 7.05 Å². The van der Waals surface area contributed by atoms with Crippen LogP contribution >= 0.6 is 11.6 Å². The molecule has 2 atom stereocenters. The summed E-state index contributed by atoms with van der Waals surface area (Å²) < 4.78 is 6.88. The van der Waals surface area contributed by atoms with Gasteiger partial charge in [0.15, 0.2) is 0 Å². The molecule has 0 aliphatic carbocycles. The Kier molecular flexibility index (Phi) is 7.59. The first kappa shape index (κ1) is 23.8. The summed E-state index contributed by atoms with van der Waals surface area (Å²) in [6.45, 7) is 5.68. The van der Waals surface area contributed by atoms with Crippen LogP contribution in [0.15, 0.2) is 42.5 Å². The van der Waals surface area contributed by atoms with E-state index < -0.39 is 6.04 Å². The highest BCUT2D eigenvalue weighted by molar-refractivity contribution is 6.35. The molecule has 0 aliphatic rings. The third kappa shape index (κ3) is 4.81. The van der Waals surface area contributed by atoms with Gasteiger partial charge in [0, 0.05) is 12.4 Å². The van der Waals surface area contributed by atoms with E-state index in [-0.39, 0.29) is 24.4 Å². The van der Waals surface area contributed by atoms with Gasteiger partial charge in [-0.25, -0.2) is 0 Å². The molecule has 1 aromatic heterocycles. The number of amides is 1. The van der Waals surface area contributed by atoms with Crippen LogP contribution in [0, 0.1) is 0 Å². The molecule has 0 aliphatic heterocycles. The van der Waals surface area contributed by atoms with Crippen LogP contribution in [0.25, 0.3) is 10.9 Å². The van der Waals surface area contributed by atoms with Crippen molar-refractivity contribution in [3.8, 4) is 0 Å². The number of esters is 1. The number of aliphatic hydroxyl groups is 1. The Balaban J connectivity index is 1.81. The van der Waals surface area contributed by atoms with Gasteiger partial charge >= 0.3 is 5.97 Å². The number of nitrogens with one attached hydrogen (secondary N) is 1. The largest absolute Gasteiger partial charge is 0.466 e. The summed E-state index contributed by atoms with van der Waals surface area (Å²) >= 11 is 6.42. The highest BCUT2D eigenvalue weighted by atomic mass is 35.5. The maximum atomic E-state index is 13.0. The molecular formula is C25H29ClN2O4. The minimum Gasteiger partial charge on any atom is -0.466 e. The maximum absolute atomic E-state index is 13.0. The van der Waals surface area contributed by atoms with E-state index in [0.29, 0.717) is 17.3 Å². The van der Waals surface area contributed by atoms with Crippen molar-refractivity contribution in [1.82, 2.24) is 9.88 Å². The first-order chi connectivity index (χ1) is 15.3. The van der Waals surface area contributed by atoms with E-state index >= 15 is 0 Å². The van der Waals surface area contributed by atoms with E-state index in [1.807, 2.05) is 35.9 Å². The van der Waals surface area contributed by atoms with Gasteiger partial charge in [0.1, 0.15) is 5.69 Å². The topological polar surface area (TPSA) is 80.6 Å². The molecule has 7 heteroatoms. The molecule has 0 saturated carbocycles. The normalized spacial score (nSPS) is 13.1. The van der Waals surface area contributed by atoms with Crippen molar-refractivity contribution in [2.45, 2.75) is 39.2 Å². The zero-order valence-electron chi connectivity index (χ0n) is 18.8.